The molecule has 1 aromatic carbocycles. The van der Waals surface area contributed by atoms with Gasteiger partial charge in [0.1, 0.15) is 0 Å². The molecule has 0 aliphatic rings. The Balaban J connectivity index is 2.68. The van der Waals surface area contributed by atoms with E-state index in [9.17, 15) is 5.11 Å². The fourth-order valence-corrected chi connectivity index (χ4v) is 1.95. The number of halogens is 2. The molecule has 96 valence electrons. The van der Waals surface area contributed by atoms with E-state index in [1.165, 1.54) is 0 Å². The molecule has 17 heavy (non-hydrogen) atoms. The van der Waals surface area contributed by atoms with Crippen molar-refractivity contribution in [2.24, 2.45) is 0 Å². The van der Waals surface area contributed by atoms with Crippen molar-refractivity contribution in [2.75, 3.05) is 33.8 Å². The Morgan fingerprint density at radius 3 is 2.65 bits per heavy atom. The Labute approximate surface area is 112 Å². The second-order valence-electron chi connectivity index (χ2n) is 4.16. The summed E-state index contributed by atoms with van der Waals surface area (Å²) in [5.74, 6) is 0. The molecule has 0 aliphatic carbocycles. The maximum Gasteiger partial charge on any atom is 0.0627 e. The molecule has 0 aliphatic heterocycles. The van der Waals surface area contributed by atoms with Crippen LogP contribution in [-0.2, 0) is 0 Å². The van der Waals surface area contributed by atoms with E-state index < -0.39 is 0 Å². The van der Waals surface area contributed by atoms with E-state index in [1.54, 1.807) is 18.2 Å². The first-order valence-electron chi connectivity index (χ1n) is 5.48. The van der Waals surface area contributed by atoms with E-state index in [2.05, 4.69) is 10.2 Å². The lowest BCUT2D eigenvalue weighted by Gasteiger charge is -2.19. The lowest BCUT2D eigenvalue weighted by atomic mass is 10.1. The highest BCUT2D eigenvalue weighted by atomic mass is 35.5. The average Bonchev–Trinajstić information content (AvgIpc) is 2.28. The molecule has 0 bridgehead atoms. The van der Waals surface area contributed by atoms with Crippen LogP contribution in [0, 0.1) is 0 Å². The minimum atomic E-state index is -0.179. The maximum absolute atomic E-state index is 9.38. The standard InChI is InChI=1S/C12H18Cl2N2O/c1-16(2)6-5-15-12(8-17)10-7-9(13)3-4-11(10)14/h3-4,7,12,15,17H,5-6,8H2,1-2H3. The summed E-state index contributed by atoms with van der Waals surface area (Å²) in [5.41, 5.74) is 0.834. The van der Waals surface area contributed by atoms with Gasteiger partial charge in [-0.1, -0.05) is 23.2 Å². The number of hydrogen-bond acceptors (Lipinski definition) is 3. The Kier molecular flexibility index (Phi) is 6.23. The van der Waals surface area contributed by atoms with Crippen LogP contribution in [0.15, 0.2) is 18.2 Å². The summed E-state index contributed by atoms with van der Waals surface area (Å²) in [4.78, 5) is 2.07. The molecule has 2 N–H and O–H groups in total. The summed E-state index contributed by atoms with van der Waals surface area (Å²) in [6.07, 6.45) is 0. The molecule has 0 aromatic heterocycles. The molecule has 0 spiro atoms. The van der Waals surface area contributed by atoms with Gasteiger partial charge in [0, 0.05) is 23.1 Å². The Hall–Kier alpha value is -0.320. The van der Waals surface area contributed by atoms with Crippen molar-refractivity contribution < 1.29 is 5.11 Å². The van der Waals surface area contributed by atoms with Gasteiger partial charge < -0.3 is 15.3 Å². The van der Waals surface area contributed by atoms with Crippen molar-refractivity contribution in [1.29, 1.82) is 0 Å². The van der Waals surface area contributed by atoms with E-state index in [4.69, 9.17) is 23.2 Å². The second-order valence-corrected chi connectivity index (χ2v) is 5.00. The molecule has 0 amide bonds. The molecule has 1 unspecified atom stereocenters. The molecule has 0 heterocycles. The van der Waals surface area contributed by atoms with Crippen molar-refractivity contribution in [3.05, 3.63) is 33.8 Å². The number of hydrogen-bond donors (Lipinski definition) is 2. The monoisotopic (exact) mass is 276 g/mol. The first kappa shape index (κ1) is 14.7. The average molecular weight is 277 g/mol. The smallest absolute Gasteiger partial charge is 0.0627 e. The zero-order valence-corrected chi connectivity index (χ0v) is 11.6. The molecule has 1 rings (SSSR count). The lowest BCUT2D eigenvalue weighted by molar-refractivity contribution is 0.240. The molecule has 1 aromatic rings. The van der Waals surface area contributed by atoms with Gasteiger partial charge in [0.05, 0.1) is 12.6 Å². The zero-order valence-electron chi connectivity index (χ0n) is 10.1. The summed E-state index contributed by atoms with van der Waals surface area (Å²) < 4.78 is 0. The van der Waals surface area contributed by atoms with Crippen LogP contribution < -0.4 is 5.32 Å². The van der Waals surface area contributed by atoms with Crippen LogP contribution in [0.2, 0.25) is 10.0 Å². The van der Waals surface area contributed by atoms with Crippen LogP contribution in [0.25, 0.3) is 0 Å². The fourth-order valence-electron chi connectivity index (χ4n) is 1.52. The lowest BCUT2D eigenvalue weighted by Crippen LogP contribution is -2.31. The van der Waals surface area contributed by atoms with Crippen LogP contribution in [-0.4, -0.2) is 43.8 Å². The van der Waals surface area contributed by atoms with Gasteiger partial charge in [0.25, 0.3) is 0 Å². The molecular weight excluding hydrogens is 259 g/mol. The largest absolute Gasteiger partial charge is 0.394 e. The molecule has 0 radical (unpaired) electrons. The predicted molar refractivity (Wildman–Crippen MR) is 72.8 cm³/mol. The molecule has 0 saturated carbocycles. The van der Waals surface area contributed by atoms with Gasteiger partial charge in [-0.3, -0.25) is 0 Å². The number of aliphatic hydroxyl groups is 1. The zero-order chi connectivity index (χ0) is 12.8. The molecule has 0 saturated heterocycles. The van der Waals surface area contributed by atoms with Gasteiger partial charge in [-0.05, 0) is 37.9 Å². The summed E-state index contributed by atoms with van der Waals surface area (Å²) in [6.45, 7) is 1.67. The van der Waals surface area contributed by atoms with E-state index in [0.29, 0.717) is 10.0 Å². The number of likely N-dealkylation sites (N-methyl/N-ethyl adjacent to an activating group) is 1. The van der Waals surface area contributed by atoms with E-state index in [-0.39, 0.29) is 12.6 Å². The molecule has 5 heteroatoms. The van der Waals surface area contributed by atoms with Gasteiger partial charge in [-0.15, -0.1) is 0 Å². The molecule has 3 nitrogen and oxygen atoms in total. The van der Waals surface area contributed by atoms with Crippen molar-refractivity contribution in [1.82, 2.24) is 10.2 Å². The van der Waals surface area contributed by atoms with Crippen LogP contribution in [0.4, 0.5) is 0 Å². The van der Waals surface area contributed by atoms with E-state index in [1.807, 2.05) is 14.1 Å². The maximum atomic E-state index is 9.38. The van der Waals surface area contributed by atoms with Crippen molar-refractivity contribution in [3.8, 4) is 0 Å². The SMILES string of the molecule is CN(C)CCNC(CO)c1cc(Cl)ccc1Cl. The van der Waals surface area contributed by atoms with Crippen LogP contribution >= 0.6 is 23.2 Å². The third kappa shape index (κ3) is 4.82. The highest BCUT2D eigenvalue weighted by Gasteiger charge is 2.13. The second kappa shape index (κ2) is 7.19. The van der Waals surface area contributed by atoms with Crippen molar-refractivity contribution in [2.45, 2.75) is 6.04 Å². The number of rotatable bonds is 6. The normalized spacial score (nSPS) is 13.1. The van der Waals surface area contributed by atoms with Gasteiger partial charge >= 0.3 is 0 Å². The Morgan fingerprint density at radius 1 is 1.35 bits per heavy atom. The van der Waals surface area contributed by atoms with E-state index in [0.717, 1.165) is 18.7 Å². The van der Waals surface area contributed by atoms with Gasteiger partial charge in [0.15, 0.2) is 0 Å². The number of nitrogens with one attached hydrogen (secondary N) is 1. The topological polar surface area (TPSA) is 35.5 Å². The highest BCUT2D eigenvalue weighted by Crippen LogP contribution is 2.26. The Bertz CT molecular complexity index is 358. The van der Waals surface area contributed by atoms with Crippen molar-refractivity contribution >= 4 is 23.2 Å². The summed E-state index contributed by atoms with van der Waals surface area (Å²) in [5, 5.41) is 13.9. The molecular formula is C12H18Cl2N2O. The highest BCUT2D eigenvalue weighted by molar-refractivity contribution is 6.33. The van der Waals surface area contributed by atoms with Gasteiger partial charge in [-0.25, -0.2) is 0 Å². The van der Waals surface area contributed by atoms with Crippen LogP contribution in [0.3, 0.4) is 0 Å². The van der Waals surface area contributed by atoms with E-state index >= 15 is 0 Å². The number of aliphatic hydroxyl groups excluding tert-OH is 1. The molecule has 0 fully saturated rings. The summed E-state index contributed by atoms with van der Waals surface area (Å²) in [6, 6.07) is 5.09. The van der Waals surface area contributed by atoms with Crippen molar-refractivity contribution in [3.63, 3.8) is 0 Å². The predicted octanol–water partition coefficient (Wildman–Crippen LogP) is 2.18. The third-order valence-electron chi connectivity index (χ3n) is 2.47. The Morgan fingerprint density at radius 2 is 2.06 bits per heavy atom. The van der Waals surface area contributed by atoms with Gasteiger partial charge in [-0.2, -0.15) is 0 Å². The minimum absolute atomic E-state index is 0.00646. The first-order chi connectivity index (χ1) is 8.04. The van der Waals surface area contributed by atoms with Crippen LogP contribution in [0.1, 0.15) is 11.6 Å². The fraction of sp³-hybridized carbons (Fsp3) is 0.500. The number of nitrogens with zero attached hydrogens (tertiary/aromatic N) is 1. The first-order valence-corrected chi connectivity index (χ1v) is 6.24. The van der Waals surface area contributed by atoms with Crippen LogP contribution in [0.5, 0.6) is 0 Å². The quantitative estimate of drug-likeness (QED) is 0.836. The summed E-state index contributed by atoms with van der Waals surface area (Å²) >= 11 is 12.0. The minimum Gasteiger partial charge on any atom is -0.394 e. The third-order valence-corrected chi connectivity index (χ3v) is 3.05. The number of benzene rings is 1. The molecule has 1 atom stereocenters. The summed E-state index contributed by atoms with van der Waals surface area (Å²) in [7, 11) is 4.00. The van der Waals surface area contributed by atoms with Gasteiger partial charge in [0.2, 0.25) is 0 Å².